The zero-order valence-electron chi connectivity index (χ0n) is 10.2. The van der Waals surface area contributed by atoms with Crippen LogP contribution < -0.4 is 0 Å². The number of hydrogen-bond acceptors (Lipinski definition) is 1. The van der Waals surface area contributed by atoms with Gasteiger partial charge in [0, 0.05) is 6.61 Å². The molecule has 2 aliphatic rings. The highest BCUT2D eigenvalue weighted by Crippen LogP contribution is 2.42. The van der Waals surface area contributed by atoms with Crippen molar-refractivity contribution in [2.75, 3.05) is 6.61 Å². The van der Waals surface area contributed by atoms with Gasteiger partial charge in [-0.1, -0.05) is 57.8 Å². The van der Waals surface area contributed by atoms with Gasteiger partial charge < -0.3 is 4.43 Å². The molecule has 2 fully saturated rings. The van der Waals surface area contributed by atoms with Crippen LogP contribution in [-0.4, -0.2) is 15.6 Å². The average molecular weight is 226 g/mol. The largest absolute Gasteiger partial charge is 0.420 e. The minimum atomic E-state index is -0.868. The van der Waals surface area contributed by atoms with Gasteiger partial charge >= 0.3 is 0 Å². The SMILES string of the molecule is CCO[SiH](C1CCCCC1)C1CCCC1. The molecule has 0 saturated heterocycles. The maximum Gasteiger partial charge on any atom is 0.183 e. The molecule has 2 aliphatic carbocycles. The Morgan fingerprint density at radius 1 is 0.867 bits per heavy atom. The lowest BCUT2D eigenvalue weighted by Crippen LogP contribution is -2.31. The number of hydrogen-bond donors (Lipinski definition) is 0. The standard InChI is InChI=1S/C13H26OSi/c1-2-14-15(13-10-6-7-11-13)12-8-4-3-5-9-12/h12-13,15H,2-11H2,1H3. The Bertz CT molecular complexity index is 171. The quantitative estimate of drug-likeness (QED) is 0.658. The van der Waals surface area contributed by atoms with Gasteiger partial charge in [-0.2, -0.15) is 0 Å². The third-order valence-corrected chi connectivity index (χ3v) is 8.25. The van der Waals surface area contributed by atoms with Crippen LogP contribution >= 0.6 is 0 Å². The van der Waals surface area contributed by atoms with Crippen molar-refractivity contribution in [3.05, 3.63) is 0 Å². The zero-order valence-corrected chi connectivity index (χ0v) is 11.4. The highest BCUT2D eigenvalue weighted by molar-refractivity contribution is 6.55. The maximum atomic E-state index is 6.20. The van der Waals surface area contributed by atoms with Gasteiger partial charge in [0.2, 0.25) is 0 Å². The molecule has 1 unspecified atom stereocenters. The van der Waals surface area contributed by atoms with Crippen molar-refractivity contribution >= 4 is 9.04 Å². The molecule has 0 N–H and O–H groups in total. The van der Waals surface area contributed by atoms with E-state index in [4.69, 9.17) is 4.43 Å². The van der Waals surface area contributed by atoms with Gasteiger partial charge in [0.15, 0.2) is 9.04 Å². The summed E-state index contributed by atoms with van der Waals surface area (Å²) in [6.45, 7) is 3.17. The Hall–Kier alpha value is 0.177. The van der Waals surface area contributed by atoms with E-state index in [1.807, 2.05) is 0 Å². The van der Waals surface area contributed by atoms with E-state index < -0.39 is 9.04 Å². The molecule has 0 bridgehead atoms. The molecule has 2 heteroatoms. The Morgan fingerprint density at radius 2 is 1.33 bits per heavy atom. The second-order valence-corrected chi connectivity index (χ2v) is 8.51. The molecule has 0 aromatic heterocycles. The molecule has 0 spiro atoms. The summed E-state index contributed by atoms with van der Waals surface area (Å²) >= 11 is 0. The van der Waals surface area contributed by atoms with Gasteiger partial charge in [-0.25, -0.2) is 0 Å². The van der Waals surface area contributed by atoms with Gasteiger partial charge in [0.05, 0.1) is 0 Å². The minimum absolute atomic E-state index is 0.868. The van der Waals surface area contributed by atoms with Crippen LogP contribution in [0, 0.1) is 0 Å². The lowest BCUT2D eigenvalue weighted by Gasteiger charge is -2.32. The Kier molecular flexibility index (Phi) is 4.70. The van der Waals surface area contributed by atoms with E-state index in [0.717, 1.165) is 17.7 Å². The molecule has 0 aromatic rings. The van der Waals surface area contributed by atoms with Crippen molar-refractivity contribution in [3.63, 3.8) is 0 Å². The van der Waals surface area contributed by atoms with Crippen molar-refractivity contribution < 1.29 is 4.43 Å². The normalized spacial score (nSPS) is 27.0. The zero-order chi connectivity index (χ0) is 10.5. The molecule has 1 atom stereocenters. The van der Waals surface area contributed by atoms with Gasteiger partial charge in [-0.3, -0.25) is 0 Å². The molecule has 0 amide bonds. The fraction of sp³-hybridized carbons (Fsp3) is 1.00. The van der Waals surface area contributed by atoms with Crippen LogP contribution in [0.1, 0.15) is 64.7 Å². The molecule has 2 saturated carbocycles. The molecular formula is C13H26OSi. The van der Waals surface area contributed by atoms with E-state index in [9.17, 15) is 0 Å². The van der Waals surface area contributed by atoms with E-state index in [2.05, 4.69) is 6.92 Å². The van der Waals surface area contributed by atoms with Gasteiger partial charge in [0.25, 0.3) is 0 Å². The van der Waals surface area contributed by atoms with Gasteiger partial charge in [0.1, 0.15) is 0 Å². The molecule has 0 aromatic carbocycles. The molecule has 0 radical (unpaired) electrons. The lowest BCUT2D eigenvalue weighted by atomic mass is 10.0. The third-order valence-electron chi connectivity index (χ3n) is 4.34. The van der Waals surface area contributed by atoms with Crippen LogP contribution in [0.25, 0.3) is 0 Å². The predicted molar refractivity (Wildman–Crippen MR) is 67.8 cm³/mol. The van der Waals surface area contributed by atoms with Crippen molar-refractivity contribution in [1.82, 2.24) is 0 Å². The minimum Gasteiger partial charge on any atom is -0.420 e. The summed E-state index contributed by atoms with van der Waals surface area (Å²) < 4.78 is 6.20. The first kappa shape index (κ1) is 11.7. The predicted octanol–water partition coefficient (Wildman–Crippen LogP) is 4.03. The summed E-state index contributed by atoms with van der Waals surface area (Å²) in [7, 11) is -0.868. The fourth-order valence-electron chi connectivity index (χ4n) is 3.60. The summed E-state index contributed by atoms with van der Waals surface area (Å²) in [5.41, 5.74) is 2.06. The maximum absolute atomic E-state index is 6.20. The molecule has 2 rings (SSSR count). The lowest BCUT2D eigenvalue weighted by molar-refractivity contribution is 0.309. The third kappa shape index (κ3) is 3.07. The van der Waals surface area contributed by atoms with Crippen LogP contribution in [0.3, 0.4) is 0 Å². The van der Waals surface area contributed by atoms with E-state index in [-0.39, 0.29) is 0 Å². The Labute approximate surface area is 96.3 Å². The summed E-state index contributed by atoms with van der Waals surface area (Å²) in [5.74, 6) is 0. The van der Waals surface area contributed by atoms with Crippen LogP contribution in [0.4, 0.5) is 0 Å². The fourth-order valence-corrected chi connectivity index (χ4v) is 7.55. The summed E-state index contributed by atoms with van der Waals surface area (Å²) in [6.07, 6.45) is 13.4. The van der Waals surface area contributed by atoms with Gasteiger partial charge in [-0.15, -0.1) is 0 Å². The van der Waals surface area contributed by atoms with E-state index in [1.165, 1.54) is 57.8 Å². The molecule has 0 heterocycles. The topological polar surface area (TPSA) is 9.23 Å². The molecule has 0 aliphatic heterocycles. The molecular weight excluding hydrogens is 200 g/mol. The highest BCUT2D eigenvalue weighted by atomic mass is 28.3. The highest BCUT2D eigenvalue weighted by Gasteiger charge is 2.34. The summed E-state index contributed by atoms with van der Waals surface area (Å²) in [4.78, 5) is 0. The van der Waals surface area contributed by atoms with Crippen molar-refractivity contribution in [2.45, 2.75) is 75.8 Å². The van der Waals surface area contributed by atoms with Crippen LogP contribution in [0.5, 0.6) is 0 Å². The average Bonchev–Trinajstić information content (AvgIpc) is 2.80. The number of rotatable bonds is 4. The van der Waals surface area contributed by atoms with Crippen LogP contribution in [0.2, 0.25) is 11.1 Å². The van der Waals surface area contributed by atoms with Crippen molar-refractivity contribution in [2.24, 2.45) is 0 Å². The first-order valence-corrected chi connectivity index (χ1v) is 8.84. The van der Waals surface area contributed by atoms with E-state index in [0.29, 0.717) is 0 Å². The van der Waals surface area contributed by atoms with Crippen molar-refractivity contribution in [3.8, 4) is 0 Å². The van der Waals surface area contributed by atoms with E-state index >= 15 is 0 Å². The Balaban J connectivity index is 1.90. The van der Waals surface area contributed by atoms with Crippen molar-refractivity contribution in [1.29, 1.82) is 0 Å². The van der Waals surface area contributed by atoms with Crippen LogP contribution in [-0.2, 0) is 4.43 Å². The van der Waals surface area contributed by atoms with E-state index in [1.54, 1.807) is 0 Å². The second-order valence-electron chi connectivity index (χ2n) is 5.36. The Morgan fingerprint density at radius 3 is 1.80 bits per heavy atom. The van der Waals surface area contributed by atoms with Gasteiger partial charge in [-0.05, 0) is 18.0 Å². The molecule has 88 valence electrons. The first-order valence-electron chi connectivity index (χ1n) is 7.03. The molecule has 15 heavy (non-hydrogen) atoms. The smallest absolute Gasteiger partial charge is 0.183 e. The van der Waals surface area contributed by atoms with Crippen LogP contribution in [0.15, 0.2) is 0 Å². The molecule has 1 nitrogen and oxygen atoms in total. The summed E-state index contributed by atoms with van der Waals surface area (Å²) in [5, 5.41) is 0. The first-order chi connectivity index (χ1) is 7.42. The summed E-state index contributed by atoms with van der Waals surface area (Å²) in [6, 6.07) is 0. The monoisotopic (exact) mass is 226 g/mol. The second kappa shape index (κ2) is 6.05.